The molecule has 1 saturated heterocycles. The van der Waals surface area contributed by atoms with Crippen molar-refractivity contribution in [2.45, 2.75) is 36.6 Å². The second-order valence-electron chi connectivity index (χ2n) is 7.11. The molecule has 28 heavy (non-hydrogen) atoms. The second-order valence-corrected chi connectivity index (χ2v) is 8.05. The van der Waals surface area contributed by atoms with E-state index in [2.05, 4.69) is 4.98 Å². The van der Waals surface area contributed by atoms with E-state index in [1.165, 1.54) is 6.20 Å². The molecule has 1 unspecified atom stereocenters. The summed E-state index contributed by atoms with van der Waals surface area (Å²) in [5.74, 6) is -1.07. The van der Waals surface area contributed by atoms with Crippen molar-refractivity contribution in [2.75, 3.05) is 24.5 Å². The zero-order valence-corrected chi connectivity index (χ0v) is 15.8. The molecule has 0 radical (unpaired) electrons. The molecule has 150 valence electrons. The number of fused-ring (bicyclic) bond motifs is 1. The van der Waals surface area contributed by atoms with Crippen LogP contribution in [0.3, 0.4) is 0 Å². The van der Waals surface area contributed by atoms with E-state index in [1.54, 1.807) is 9.47 Å². The second kappa shape index (κ2) is 7.34. The third-order valence-electron chi connectivity index (χ3n) is 5.19. The van der Waals surface area contributed by atoms with Crippen molar-refractivity contribution in [3.63, 3.8) is 0 Å². The number of anilines is 1. The van der Waals surface area contributed by atoms with Crippen LogP contribution in [-0.2, 0) is 11.1 Å². The average Bonchev–Trinajstić information content (AvgIpc) is 3.52. The predicted molar refractivity (Wildman–Crippen MR) is 102 cm³/mol. The first-order valence-electron chi connectivity index (χ1n) is 9.08. The smallest absolute Gasteiger partial charge is 0.209 e. The standard InChI is InChI=1S/C18H20F2N4O3S/c19-13-6-12-16(25)15(28(26)27)9-24(11-3-4-11)17(12)22-18(13)23-5-1-2-10(8-23)14(20)7-21/h6,9,11H,1-5,7-8,21H2,(H,26,27)/b14-10+. The maximum absolute atomic E-state index is 14.9. The van der Waals surface area contributed by atoms with Crippen LogP contribution in [0.1, 0.15) is 31.7 Å². The van der Waals surface area contributed by atoms with Crippen LogP contribution < -0.4 is 16.1 Å². The van der Waals surface area contributed by atoms with E-state index in [-0.39, 0.29) is 40.9 Å². The minimum absolute atomic E-state index is 0.0334. The van der Waals surface area contributed by atoms with Crippen LogP contribution in [-0.4, -0.2) is 37.9 Å². The largest absolute Gasteiger partial charge is 0.350 e. The molecule has 0 aromatic carbocycles. The van der Waals surface area contributed by atoms with E-state index >= 15 is 0 Å². The Kier molecular flexibility index (Phi) is 5.02. The van der Waals surface area contributed by atoms with Crippen molar-refractivity contribution in [2.24, 2.45) is 5.73 Å². The summed E-state index contributed by atoms with van der Waals surface area (Å²) in [6, 6.07) is 1.12. The van der Waals surface area contributed by atoms with Crippen molar-refractivity contribution in [1.29, 1.82) is 0 Å². The summed E-state index contributed by atoms with van der Waals surface area (Å²) in [7, 11) is 0. The highest BCUT2D eigenvalue weighted by Crippen LogP contribution is 2.37. The van der Waals surface area contributed by atoms with Gasteiger partial charge in [0, 0.05) is 31.9 Å². The van der Waals surface area contributed by atoms with E-state index in [0.717, 1.165) is 18.9 Å². The van der Waals surface area contributed by atoms with Gasteiger partial charge in [0.2, 0.25) is 5.43 Å². The summed E-state index contributed by atoms with van der Waals surface area (Å²) >= 11 is -2.48. The van der Waals surface area contributed by atoms with Crippen LogP contribution in [0.5, 0.6) is 0 Å². The number of nitrogens with zero attached hydrogens (tertiary/aromatic N) is 3. The lowest BCUT2D eigenvalue weighted by Gasteiger charge is -2.30. The number of hydrogen-bond donors (Lipinski definition) is 2. The molecule has 1 saturated carbocycles. The van der Waals surface area contributed by atoms with Gasteiger partial charge in [0.05, 0.1) is 5.39 Å². The molecule has 1 atom stereocenters. The van der Waals surface area contributed by atoms with Gasteiger partial charge in [-0.25, -0.2) is 18.0 Å². The molecule has 0 spiro atoms. The van der Waals surface area contributed by atoms with Gasteiger partial charge in [-0.3, -0.25) is 4.79 Å². The van der Waals surface area contributed by atoms with Gasteiger partial charge in [0.25, 0.3) is 0 Å². The Morgan fingerprint density at radius 1 is 1.43 bits per heavy atom. The predicted octanol–water partition coefficient (Wildman–Crippen LogP) is 2.23. The lowest BCUT2D eigenvalue weighted by molar-refractivity contribution is 0.556. The molecular formula is C18H20F2N4O3S. The molecule has 10 heteroatoms. The molecule has 0 bridgehead atoms. The number of piperidine rings is 1. The molecule has 3 heterocycles. The van der Waals surface area contributed by atoms with Crippen molar-refractivity contribution in [1.82, 2.24) is 9.55 Å². The van der Waals surface area contributed by atoms with Gasteiger partial charge in [0.1, 0.15) is 16.4 Å². The highest BCUT2D eigenvalue weighted by molar-refractivity contribution is 7.79. The zero-order chi connectivity index (χ0) is 20.0. The highest BCUT2D eigenvalue weighted by Gasteiger charge is 2.29. The van der Waals surface area contributed by atoms with Gasteiger partial charge in [-0.05, 0) is 37.3 Å². The van der Waals surface area contributed by atoms with E-state index in [0.29, 0.717) is 25.0 Å². The van der Waals surface area contributed by atoms with Crippen LogP contribution in [0.25, 0.3) is 11.0 Å². The van der Waals surface area contributed by atoms with Gasteiger partial charge in [-0.2, -0.15) is 0 Å². The Hall–Kier alpha value is -2.17. The summed E-state index contributed by atoms with van der Waals surface area (Å²) in [5.41, 5.74) is 5.47. The van der Waals surface area contributed by atoms with Crippen molar-refractivity contribution >= 4 is 27.9 Å². The summed E-state index contributed by atoms with van der Waals surface area (Å²) in [5, 5.41) is -0.0334. The molecule has 7 nitrogen and oxygen atoms in total. The van der Waals surface area contributed by atoms with Crippen LogP contribution >= 0.6 is 0 Å². The first kappa shape index (κ1) is 19.2. The molecule has 2 aromatic rings. The molecule has 2 aromatic heterocycles. The normalized spacial score (nSPS) is 20.5. The molecular weight excluding hydrogens is 390 g/mol. The minimum Gasteiger partial charge on any atom is -0.350 e. The van der Waals surface area contributed by atoms with E-state index in [4.69, 9.17) is 5.73 Å². The fourth-order valence-electron chi connectivity index (χ4n) is 3.61. The number of pyridine rings is 2. The van der Waals surface area contributed by atoms with Gasteiger partial charge < -0.3 is 19.8 Å². The van der Waals surface area contributed by atoms with Crippen molar-refractivity contribution in [3.05, 3.63) is 39.7 Å². The lowest BCUT2D eigenvalue weighted by Crippen LogP contribution is -2.33. The van der Waals surface area contributed by atoms with Gasteiger partial charge in [0.15, 0.2) is 22.7 Å². The Bertz CT molecular complexity index is 1060. The molecule has 0 amide bonds. The molecule has 2 fully saturated rings. The van der Waals surface area contributed by atoms with E-state index < -0.39 is 28.2 Å². The Labute approximate surface area is 162 Å². The third-order valence-corrected chi connectivity index (χ3v) is 5.85. The SMILES string of the molecule is NC/C(F)=C1/CCCN(c2nc3c(cc2F)c(=O)c(S(=O)O)cn3C2CC2)C1. The molecule has 4 rings (SSSR count). The molecule has 2 aliphatic rings. The number of halogens is 2. The van der Waals surface area contributed by atoms with Gasteiger partial charge >= 0.3 is 0 Å². The lowest BCUT2D eigenvalue weighted by atomic mass is 10.0. The third kappa shape index (κ3) is 3.36. The van der Waals surface area contributed by atoms with E-state index in [1.807, 2.05) is 0 Å². The highest BCUT2D eigenvalue weighted by atomic mass is 32.2. The monoisotopic (exact) mass is 410 g/mol. The van der Waals surface area contributed by atoms with Crippen LogP contribution in [0, 0.1) is 5.82 Å². The van der Waals surface area contributed by atoms with Crippen molar-refractivity contribution < 1.29 is 17.5 Å². The Morgan fingerprint density at radius 2 is 2.18 bits per heavy atom. The average molecular weight is 410 g/mol. The number of aromatic nitrogens is 2. The van der Waals surface area contributed by atoms with E-state index in [9.17, 15) is 22.3 Å². The number of hydrogen-bond acceptors (Lipinski definition) is 5. The quantitative estimate of drug-likeness (QED) is 0.750. The van der Waals surface area contributed by atoms with Crippen molar-refractivity contribution in [3.8, 4) is 0 Å². The van der Waals surface area contributed by atoms with Gasteiger partial charge in [-0.15, -0.1) is 0 Å². The molecule has 1 aliphatic heterocycles. The van der Waals surface area contributed by atoms with Crippen LogP contribution in [0.15, 0.2) is 33.4 Å². The fraction of sp³-hybridized carbons (Fsp3) is 0.444. The first-order valence-corrected chi connectivity index (χ1v) is 10.2. The number of nitrogens with two attached hydrogens (primary N) is 1. The van der Waals surface area contributed by atoms with Gasteiger partial charge in [-0.1, -0.05) is 0 Å². The summed E-state index contributed by atoms with van der Waals surface area (Å²) in [4.78, 5) is 18.3. The molecule has 1 aliphatic carbocycles. The first-order chi connectivity index (χ1) is 13.4. The Balaban J connectivity index is 1.86. The zero-order valence-electron chi connectivity index (χ0n) is 15.0. The van der Waals surface area contributed by atoms with Crippen LogP contribution in [0.4, 0.5) is 14.6 Å². The molecule has 3 N–H and O–H groups in total. The topological polar surface area (TPSA) is 101 Å². The van der Waals surface area contributed by atoms with Crippen LogP contribution in [0.2, 0.25) is 0 Å². The summed E-state index contributed by atoms with van der Waals surface area (Å²) in [6.45, 7) is 0.493. The Morgan fingerprint density at radius 3 is 2.82 bits per heavy atom. The summed E-state index contributed by atoms with van der Waals surface area (Å²) in [6.07, 6.45) is 4.24. The fourth-order valence-corrected chi connectivity index (χ4v) is 4.08. The minimum atomic E-state index is -2.48. The number of rotatable bonds is 4. The maximum atomic E-state index is 14.9. The summed E-state index contributed by atoms with van der Waals surface area (Å²) < 4.78 is 51.4. The maximum Gasteiger partial charge on any atom is 0.209 e.